The Bertz CT molecular complexity index is 850. The molecule has 4 rings (SSSR count). The number of aromatic nitrogens is 4. The number of nitrogens with one attached hydrogen (secondary N) is 2. The van der Waals surface area contributed by atoms with E-state index in [1.807, 2.05) is 11.1 Å². The fraction of sp³-hybridized carbons (Fsp3) is 0.316. The minimum absolute atomic E-state index is 0.0126. The standard InChI is InChI=1S/C19H21N5O/c1-13-4-6-14(7-5-13)16-11-21-23-18(16)15-3-2-10-24(12-15)19(25)17-8-9-20-22-17/h4-9,11,15H,2-3,10,12H2,1H3,(H,20,22)(H,21,23)/t15-/m1/s1. The van der Waals surface area contributed by atoms with Crippen molar-refractivity contribution in [1.82, 2.24) is 25.3 Å². The molecule has 2 aromatic heterocycles. The Morgan fingerprint density at radius 3 is 2.76 bits per heavy atom. The first-order chi connectivity index (χ1) is 12.2. The quantitative estimate of drug-likeness (QED) is 0.772. The largest absolute Gasteiger partial charge is 0.337 e. The number of piperidine rings is 1. The van der Waals surface area contributed by atoms with Gasteiger partial charge in [-0.1, -0.05) is 29.8 Å². The van der Waals surface area contributed by atoms with Gasteiger partial charge in [0.25, 0.3) is 5.91 Å². The number of H-pyrrole nitrogens is 2. The predicted octanol–water partition coefficient (Wildman–Crippen LogP) is 3.13. The Morgan fingerprint density at radius 1 is 1.16 bits per heavy atom. The molecule has 1 aliphatic rings. The normalized spacial score (nSPS) is 17.6. The van der Waals surface area contributed by atoms with Crippen LogP contribution >= 0.6 is 0 Å². The maximum absolute atomic E-state index is 12.6. The average molecular weight is 335 g/mol. The number of hydrogen-bond donors (Lipinski definition) is 2. The summed E-state index contributed by atoms with van der Waals surface area (Å²) in [6.45, 7) is 3.56. The van der Waals surface area contributed by atoms with Crippen LogP contribution in [0.5, 0.6) is 0 Å². The molecule has 1 atom stereocenters. The molecule has 6 heteroatoms. The second-order valence-electron chi connectivity index (χ2n) is 6.62. The molecule has 0 aliphatic carbocycles. The molecule has 1 aromatic carbocycles. The van der Waals surface area contributed by atoms with Gasteiger partial charge in [0, 0.05) is 36.5 Å². The summed E-state index contributed by atoms with van der Waals surface area (Å²) in [7, 11) is 0. The van der Waals surface area contributed by atoms with Gasteiger partial charge in [-0.05, 0) is 31.4 Å². The fourth-order valence-electron chi connectivity index (χ4n) is 3.51. The van der Waals surface area contributed by atoms with E-state index in [1.54, 1.807) is 12.3 Å². The highest BCUT2D eigenvalue weighted by Crippen LogP contribution is 2.33. The van der Waals surface area contributed by atoms with E-state index in [0.29, 0.717) is 12.2 Å². The Morgan fingerprint density at radius 2 is 2.00 bits per heavy atom. The number of nitrogens with zero attached hydrogens (tertiary/aromatic N) is 3. The molecule has 0 spiro atoms. The highest BCUT2D eigenvalue weighted by Gasteiger charge is 2.28. The Hall–Kier alpha value is -2.89. The van der Waals surface area contributed by atoms with E-state index in [-0.39, 0.29) is 11.8 Å². The van der Waals surface area contributed by atoms with Crippen molar-refractivity contribution in [3.63, 3.8) is 0 Å². The van der Waals surface area contributed by atoms with Gasteiger partial charge in [-0.3, -0.25) is 15.0 Å². The maximum atomic E-state index is 12.6. The van der Waals surface area contributed by atoms with Crippen molar-refractivity contribution in [2.45, 2.75) is 25.7 Å². The first-order valence-corrected chi connectivity index (χ1v) is 8.61. The lowest BCUT2D eigenvalue weighted by Gasteiger charge is -2.32. The van der Waals surface area contributed by atoms with Gasteiger partial charge >= 0.3 is 0 Å². The average Bonchev–Trinajstić information content (AvgIpc) is 3.34. The summed E-state index contributed by atoms with van der Waals surface area (Å²) in [6.07, 6.45) is 5.53. The Labute approximate surface area is 146 Å². The molecule has 25 heavy (non-hydrogen) atoms. The summed E-state index contributed by atoms with van der Waals surface area (Å²) in [5.74, 6) is 0.276. The molecule has 1 aliphatic heterocycles. The molecular formula is C19H21N5O. The summed E-state index contributed by atoms with van der Waals surface area (Å²) in [4.78, 5) is 14.5. The molecule has 1 fully saturated rings. The second-order valence-corrected chi connectivity index (χ2v) is 6.62. The summed E-state index contributed by atoms with van der Waals surface area (Å²) in [6, 6.07) is 10.2. The molecule has 0 radical (unpaired) electrons. The highest BCUT2D eigenvalue weighted by atomic mass is 16.2. The van der Waals surface area contributed by atoms with Crippen molar-refractivity contribution in [2.75, 3.05) is 13.1 Å². The van der Waals surface area contributed by atoms with Gasteiger partial charge in [0.2, 0.25) is 0 Å². The lowest BCUT2D eigenvalue weighted by Crippen LogP contribution is -2.39. The number of aryl methyl sites for hydroxylation is 1. The molecule has 2 N–H and O–H groups in total. The lowest BCUT2D eigenvalue weighted by molar-refractivity contribution is 0.0700. The van der Waals surface area contributed by atoms with Gasteiger partial charge < -0.3 is 4.90 Å². The monoisotopic (exact) mass is 335 g/mol. The molecular weight excluding hydrogens is 314 g/mol. The van der Waals surface area contributed by atoms with Gasteiger partial charge in [-0.15, -0.1) is 0 Å². The van der Waals surface area contributed by atoms with Crippen LogP contribution in [0.4, 0.5) is 0 Å². The number of aromatic amines is 2. The number of rotatable bonds is 3. The number of amides is 1. The van der Waals surface area contributed by atoms with E-state index in [1.165, 1.54) is 5.56 Å². The second kappa shape index (κ2) is 6.55. The molecule has 128 valence electrons. The van der Waals surface area contributed by atoms with Crippen molar-refractivity contribution in [2.24, 2.45) is 0 Å². The highest BCUT2D eigenvalue weighted by molar-refractivity contribution is 5.92. The molecule has 1 amide bonds. The third-order valence-electron chi connectivity index (χ3n) is 4.88. The molecule has 0 bridgehead atoms. The molecule has 6 nitrogen and oxygen atoms in total. The van der Waals surface area contributed by atoms with E-state index < -0.39 is 0 Å². The summed E-state index contributed by atoms with van der Waals surface area (Å²) in [5.41, 5.74) is 5.19. The molecule has 1 saturated heterocycles. The van der Waals surface area contributed by atoms with Crippen LogP contribution in [0.25, 0.3) is 11.1 Å². The zero-order valence-electron chi connectivity index (χ0n) is 14.2. The number of carbonyl (C=O) groups excluding carboxylic acids is 1. The van der Waals surface area contributed by atoms with Gasteiger partial charge in [-0.25, -0.2) is 0 Å². The van der Waals surface area contributed by atoms with Crippen LogP contribution in [0.3, 0.4) is 0 Å². The molecule has 0 unspecified atom stereocenters. The Kier molecular flexibility index (Phi) is 4.09. The van der Waals surface area contributed by atoms with E-state index >= 15 is 0 Å². The molecule has 3 aromatic rings. The first-order valence-electron chi connectivity index (χ1n) is 8.61. The number of benzene rings is 1. The topological polar surface area (TPSA) is 77.7 Å². The van der Waals surface area contributed by atoms with E-state index in [2.05, 4.69) is 51.6 Å². The summed E-state index contributed by atoms with van der Waals surface area (Å²) >= 11 is 0. The molecule has 0 saturated carbocycles. The predicted molar refractivity (Wildman–Crippen MR) is 95.2 cm³/mol. The van der Waals surface area contributed by atoms with Crippen LogP contribution in [-0.4, -0.2) is 44.3 Å². The van der Waals surface area contributed by atoms with Crippen molar-refractivity contribution < 1.29 is 4.79 Å². The van der Waals surface area contributed by atoms with Crippen LogP contribution in [0, 0.1) is 6.92 Å². The minimum atomic E-state index is 0.0126. The van der Waals surface area contributed by atoms with Crippen molar-refractivity contribution in [3.05, 3.63) is 59.7 Å². The van der Waals surface area contributed by atoms with Crippen LogP contribution < -0.4 is 0 Å². The lowest BCUT2D eigenvalue weighted by atomic mass is 9.90. The number of hydrogen-bond acceptors (Lipinski definition) is 3. The zero-order chi connectivity index (χ0) is 17.2. The van der Waals surface area contributed by atoms with Gasteiger partial charge in [-0.2, -0.15) is 10.2 Å². The third kappa shape index (κ3) is 3.07. The molecule has 3 heterocycles. The third-order valence-corrected chi connectivity index (χ3v) is 4.88. The Balaban J connectivity index is 1.57. The number of likely N-dealkylation sites (tertiary alicyclic amines) is 1. The van der Waals surface area contributed by atoms with Crippen molar-refractivity contribution >= 4 is 5.91 Å². The van der Waals surface area contributed by atoms with Crippen LogP contribution in [-0.2, 0) is 0 Å². The van der Waals surface area contributed by atoms with Crippen LogP contribution in [0.2, 0.25) is 0 Å². The van der Waals surface area contributed by atoms with E-state index in [9.17, 15) is 4.79 Å². The number of carbonyl (C=O) groups is 1. The summed E-state index contributed by atoms with van der Waals surface area (Å²) in [5, 5.41) is 14.1. The van der Waals surface area contributed by atoms with Crippen molar-refractivity contribution in [3.8, 4) is 11.1 Å². The summed E-state index contributed by atoms with van der Waals surface area (Å²) < 4.78 is 0. The van der Waals surface area contributed by atoms with Crippen molar-refractivity contribution in [1.29, 1.82) is 0 Å². The SMILES string of the molecule is Cc1ccc(-c2cn[nH]c2[C@@H]2CCCN(C(=O)c3ccn[nH]3)C2)cc1. The first kappa shape index (κ1) is 15.6. The van der Waals surface area contributed by atoms with E-state index in [0.717, 1.165) is 36.2 Å². The van der Waals surface area contributed by atoms with Gasteiger partial charge in [0.05, 0.1) is 6.20 Å². The fourth-order valence-corrected chi connectivity index (χ4v) is 3.51. The van der Waals surface area contributed by atoms with Gasteiger partial charge in [0.15, 0.2) is 0 Å². The zero-order valence-corrected chi connectivity index (χ0v) is 14.2. The van der Waals surface area contributed by atoms with E-state index in [4.69, 9.17) is 0 Å². The smallest absolute Gasteiger partial charge is 0.271 e. The maximum Gasteiger partial charge on any atom is 0.271 e. The minimum Gasteiger partial charge on any atom is -0.337 e. The van der Waals surface area contributed by atoms with Crippen LogP contribution in [0.1, 0.15) is 40.5 Å². The van der Waals surface area contributed by atoms with Crippen LogP contribution in [0.15, 0.2) is 42.7 Å². The van der Waals surface area contributed by atoms with Gasteiger partial charge in [0.1, 0.15) is 5.69 Å².